The van der Waals surface area contributed by atoms with E-state index in [1.54, 1.807) is 18.2 Å². The van der Waals surface area contributed by atoms with Crippen molar-refractivity contribution in [1.29, 1.82) is 0 Å². The first-order valence-corrected chi connectivity index (χ1v) is 7.79. The summed E-state index contributed by atoms with van der Waals surface area (Å²) in [4.78, 5) is 0. The molecule has 2 N–H and O–H groups in total. The smallest absolute Gasteiger partial charge is 0.297 e. The van der Waals surface area contributed by atoms with Gasteiger partial charge in [0.1, 0.15) is 5.76 Å². The van der Waals surface area contributed by atoms with Gasteiger partial charge in [-0.1, -0.05) is 19.1 Å². The van der Waals surface area contributed by atoms with E-state index < -0.39 is 10.0 Å². The highest BCUT2D eigenvalue weighted by atomic mass is 32.2. The zero-order valence-electron chi connectivity index (χ0n) is 11.5. The van der Waals surface area contributed by atoms with Crippen LogP contribution in [-0.2, 0) is 23.0 Å². The van der Waals surface area contributed by atoms with Crippen molar-refractivity contribution in [3.05, 3.63) is 47.7 Å². The van der Waals surface area contributed by atoms with Crippen molar-refractivity contribution in [3.63, 3.8) is 0 Å². The molecule has 0 aliphatic heterocycles. The Bertz CT molecular complexity index is 675. The van der Waals surface area contributed by atoms with Crippen molar-refractivity contribution >= 4 is 15.7 Å². The van der Waals surface area contributed by atoms with Crippen molar-refractivity contribution < 1.29 is 12.8 Å². The van der Waals surface area contributed by atoms with Gasteiger partial charge in [0.05, 0.1) is 12.2 Å². The van der Waals surface area contributed by atoms with E-state index in [9.17, 15) is 8.42 Å². The number of nitrogens with two attached hydrogens (primary N) is 1. The molecular weight excluding hydrogens is 276 g/mol. The van der Waals surface area contributed by atoms with Crippen LogP contribution in [0.5, 0.6) is 0 Å². The quantitative estimate of drug-likeness (QED) is 0.916. The number of hydrogen-bond acceptors (Lipinski definition) is 4. The topological polar surface area (TPSA) is 76.5 Å². The van der Waals surface area contributed by atoms with Crippen LogP contribution in [0.1, 0.15) is 18.2 Å². The molecule has 108 valence electrons. The summed E-state index contributed by atoms with van der Waals surface area (Å²) in [6.45, 7) is 2.22. The van der Waals surface area contributed by atoms with Gasteiger partial charge in [-0.25, -0.2) is 0 Å². The summed E-state index contributed by atoms with van der Waals surface area (Å²) in [5.41, 5.74) is 7.17. The minimum atomic E-state index is -3.69. The lowest BCUT2D eigenvalue weighted by Crippen LogP contribution is -2.26. The molecule has 0 aliphatic rings. The summed E-state index contributed by atoms with van der Waals surface area (Å²) in [7, 11) is -2.19. The molecule has 0 spiro atoms. The molecule has 20 heavy (non-hydrogen) atoms. The highest BCUT2D eigenvalue weighted by Gasteiger charge is 2.24. The van der Waals surface area contributed by atoms with E-state index in [-0.39, 0.29) is 11.6 Å². The number of benzene rings is 1. The summed E-state index contributed by atoms with van der Waals surface area (Å²) >= 11 is 0. The molecule has 5 nitrogen and oxygen atoms in total. The van der Waals surface area contributed by atoms with E-state index >= 15 is 0 Å². The molecule has 0 unspecified atom stereocenters. The van der Waals surface area contributed by atoms with Gasteiger partial charge >= 0.3 is 0 Å². The fourth-order valence-electron chi connectivity index (χ4n) is 1.82. The van der Waals surface area contributed by atoms with Crippen LogP contribution in [0, 0.1) is 0 Å². The minimum Gasteiger partial charge on any atom is -0.446 e. The van der Waals surface area contributed by atoms with Crippen LogP contribution in [0.15, 0.2) is 45.9 Å². The average Bonchev–Trinajstić information content (AvgIpc) is 2.96. The molecule has 0 amide bonds. The summed E-state index contributed by atoms with van der Waals surface area (Å²) in [6, 6.07) is 10.4. The van der Waals surface area contributed by atoms with E-state index in [2.05, 4.69) is 0 Å². The third kappa shape index (κ3) is 2.71. The first-order chi connectivity index (χ1) is 9.48. The monoisotopic (exact) mass is 294 g/mol. The van der Waals surface area contributed by atoms with E-state index in [0.29, 0.717) is 11.4 Å². The molecule has 0 aliphatic carbocycles. The first-order valence-electron chi connectivity index (χ1n) is 6.35. The molecular formula is C14H18N2O3S. The van der Waals surface area contributed by atoms with Gasteiger partial charge in [0.2, 0.25) is 5.09 Å². The zero-order chi connectivity index (χ0) is 14.8. The lowest BCUT2D eigenvalue weighted by Gasteiger charge is -2.18. The van der Waals surface area contributed by atoms with Crippen LogP contribution < -0.4 is 10.0 Å². The van der Waals surface area contributed by atoms with Gasteiger partial charge in [-0.05, 0) is 36.2 Å². The van der Waals surface area contributed by atoms with Gasteiger partial charge in [-0.2, -0.15) is 8.42 Å². The number of furan rings is 1. The predicted octanol–water partition coefficient (Wildman–Crippen LogP) is 2.13. The van der Waals surface area contributed by atoms with Crippen molar-refractivity contribution in [2.45, 2.75) is 25.0 Å². The first kappa shape index (κ1) is 14.6. The third-order valence-corrected chi connectivity index (χ3v) is 4.82. The largest absolute Gasteiger partial charge is 0.446 e. The standard InChI is InChI=1S/C14H18N2O3S/c1-3-11-4-6-12(7-5-11)16(2)20(17,18)14-9-8-13(10-15)19-14/h4-9H,3,10,15H2,1-2H3. The van der Waals surface area contributed by atoms with Crippen molar-refractivity contribution in [1.82, 2.24) is 0 Å². The Morgan fingerprint density at radius 2 is 1.80 bits per heavy atom. The average molecular weight is 294 g/mol. The van der Waals surface area contributed by atoms with E-state index in [1.165, 1.54) is 17.4 Å². The van der Waals surface area contributed by atoms with Gasteiger partial charge in [0.25, 0.3) is 10.0 Å². The summed E-state index contributed by atoms with van der Waals surface area (Å²) in [5, 5.41) is -0.0972. The molecule has 6 heteroatoms. The Hall–Kier alpha value is -1.79. The fourth-order valence-corrected chi connectivity index (χ4v) is 2.94. The molecule has 2 rings (SSSR count). The SMILES string of the molecule is CCc1ccc(N(C)S(=O)(=O)c2ccc(CN)o2)cc1. The number of aryl methyl sites for hydroxylation is 1. The van der Waals surface area contributed by atoms with E-state index in [1.807, 2.05) is 19.1 Å². The Balaban J connectivity index is 2.32. The summed E-state index contributed by atoms with van der Waals surface area (Å²) in [5.74, 6) is 0.443. The van der Waals surface area contributed by atoms with Crippen LogP contribution in [0.3, 0.4) is 0 Å². The molecule has 0 fully saturated rings. The Kier molecular flexibility index (Phi) is 4.15. The lowest BCUT2D eigenvalue weighted by molar-refractivity contribution is 0.415. The molecule has 1 aromatic carbocycles. The van der Waals surface area contributed by atoms with Crippen molar-refractivity contribution in [2.24, 2.45) is 5.73 Å². The second-order valence-corrected chi connectivity index (χ2v) is 6.32. The zero-order valence-corrected chi connectivity index (χ0v) is 12.4. The molecule has 0 atom stereocenters. The maximum absolute atomic E-state index is 12.4. The number of anilines is 1. The Morgan fingerprint density at radius 1 is 1.15 bits per heavy atom. The van der Waals surface area contributed by atoms with Gasteiger partial charge in [-0.15, -0.1) is 0 Å². The molecule has 0 saturated heterocycles. The van der Waals surface area contributed by atoms with Crippen LogP contribution >= 0.6 is 0 Å². The van der Waals surface area contributed by atoms with Crippen molar-refractivity contribution in [3.8, 4) is 0 Å². The summed E-state index contributed by atoms with van der Waals surface area (Å²) < 4.78 is 31.2. The Labute approximate surface area is 119 Å². The normalized spacial score (nSPS) is 11.6. The second kappa shape index (κ2) is 5.68. The molecule has 0 saturated carbocycles. The van der Waals surface area contributed by atoms with Crippen LogP contribution in [-0.4, -0.2) is 15.5 Å². The molecule has 1 aromatic heterocycles. The summed E-state index contributed by atoms with van der Waals surface area (Å²) in [6.07, 6.45) is 0.911. The number of nitrogens with zero attached hydrogens (tertiary/aromatic N) is 1. The maximum atomic E-state index is 12.4. The molecule has 1 heterocycles. The van der Waals surface area contributed by atoms with E-state index in [4.69, 9.17) is 10.2 Å². The maximum Gasteiger partial charge on any atom is 0.297 e. The van der Waals surface area contributed by atoms with Gasteiger partial charge in [0.15, 0.2) is 0 Å². The Morgan fingerprint density at radius 3 is 2.30 bits per heavy atom. The fraction of sp³-hybridized carbons (Fsp3) is 0.286. The van der Waals surface area contributed by atoms with Gasteiger partial charge in [-0.3, -0.25) is 4.31 Å². The van der Waals surface area contributed by atoms with Crippen molar-refractivity contribution in [2.75, 3.05) is 11.4 Å². The number of hydrogen-bond donors (Lipinski definition) is 1. The highest BCUT2D eigenvalue weighted by molar-refractivity contribution is 7.92. The number of rotatable bonds is 5. The van der Waals surface area contributed by atoms with Crippen LogP contribution in [0.25, 0.3) is 0 Å². The predicted molar refractivity (Wildman–Crippen MR) is 78.0 cm³/mol. The van der Waals surface area contributed by atoms with Crippen LogP contribution in [0.2, 0.25) is 0 Å². The second-order valence-electron chi connectivity index (χ2n) is 4.42. The minimum absolute atomic E-state index is 0.0972. The molecule has 0 radical (unpaired) electrons. The highest BCUT2D eigenvalue weighted by Crippen LogP contribution is 2.23. The number of sulfonamides is 1. The lowest BCUT2D eigenvalue weighted by atomic mass is 10.1. The molecule has 0 bridgehead atoms. The third-order valence-electron chi connectivity index (χ3n) is 3.16. The van der Waals surface area contributed by atoms with Crippen LogP contribution in [0.4, 0.5) is 5.69 Å². The van der Waals surface area contributed by atoms with Gasteiger partial charge < -0.3 is 10.2 Å². The molecule has 2 aromatic rings. The van der Waals surface area contributed by atoms with E-state index in [0.717, 1.165) is 12.0 Å². The van der Waals surface area contributed by atoms with Gasteiger partial charge in [0, 0.05) is 7.05 Å².